The van der Waals surface area contributed by atoms with Crippen LogP contribution >= 0.6 is 0 Å². The number of hydrogen-bond acceptors (Lipinski definition) is 4. The van der Waals surface area contributed by atoms with E-state index in [0.717, 1.165) is 0 Å². The number of cyclic esters (lactones) is 1. The lowest BCUT2D eigenvalue weighted by Gasteiger charge is -2.21. The number of hydrogen-bond donors (Lipinski definition) is 1. The van der Waals surface area contributed by atoms with E-state index in [1.165, 1.54) is 13.8 Å². The summed E-state index contributed by atoms with van der Waals surface area (Å²) in [6.07, 6.45) is -0.0493. The lowest BCUT2D eigenvalue weighted by Crippen LogP contribution is -2.30. The molecule has 1 saturated heterocycles. The Morgan fingerprint density at radius 2 is 2.36 bits per heavy atom. The quantitative estimate of drug-likeness (QED) is 0.458. The molecule has 1 rings (SSSR count). The zero-order valence-corrected chi connectivity index (χ0v) is 6.66. The van der Waals surface area contributed by atoms with Gasteiger partial charge in [0.1, 0.15) is 12.7 Å². The molecule has 1 fully saturated rings. The van der Waals surface area contributed by atoms with Crippen LogP contribution in [0.4, 0.5) is 0 Å². The molecule has 0 radical (unpaired) electrons. The van der Waals surface area contributed by atoms with Crippen LogP contribution in [0.25, 0.3) is 0 Å². The van der Waals surface area contributed by atoms with Crippen LogP contribution in [0.15, 0.2) is 0 Å². The van der Waals surface area contributed by atoms with Crippen molar-refractivity contribution in [3.63, 3.8) is 0 Å². The first-order valence-corrected chi connectivity index (χ1v) is 3.53. The van der Waals surface area contributed by atoms with E-state index >= 15 is 0 Å². The molecule has 0 aliphatic carbocycles. The average molecular weight is 160 g/mol. The Labute approximate surface area is 65.1 Å². The summed E-state index contributed by atoms with van der Waals surface area (Å²) >= 11 is 0. The maximum atomic E-state index is 10.6. The van der Waals surface area contributed by atoms with Crippen molar-refractivity contribution in [1.82, 2.24) is 0 Å². The van der Waals surface area contributed by atoms with E-state index < -0.39 is 5.79 Å². The standard InChI is InChI=1S/C7H12O4/c1-7(2,9)11-5-3-6(8)10-4-5/h5,9H,3-4H2,1-2H3. The number of carbonyl (C=O) groups excluding carboxylic acids is 1. The van der Waals surface area contributed by atoms with Gasteiger partial charge in [0.2, 0.25) is 0 Å². The molecule has 0 bridgehead atoms. The van der Waals surface area contributed by atoms with Crippen LogP contribution in [-0.2, 0) is 14.3 Å². The molecule has 64 valence electrons. The molecule has 1 N–H and O–H groups in total. The van der Waals surface area contributed by atoms with Crippen LogP contribution in [0.3, 0.4) is 0 Å². The zero-order valence-electron chi connectivity index (χ0n) is 6.66. The average Bonchev–Trinajstić information content (AvgIpc) is 2.10. The maximum absolute atomic E-state index is 10.6. The molecular formula is C7H12O4. The minimum atomic E-state index is -1.18. The highest BCUT2D eigenvalue weighted by Crippen LogP contribution is 2.16. The molecule has 0 aromatic carbocycles. The number of rotatable bonds is 2. The molecule has 0 saturated carbocycles. The molecule has 1 unspecified atom stereocenters. The van der Waals surface area contributed by atoms with E-state index in [9.17, 15) is 9.90 Å². The van der Waals surface area contributed by atoms with Gasteiger partial charge in [0.25, 0.3) is 0 Å². The van der Waals surface area contributed by atoms with E-state index in [1.54, 1.807) is 0 Å². The van der Waals surface area contributed by atoms with Gasteiger partial charge in [0, 0.05) is 0 Å². The molecule has 1 aliphatic rings. The van der Waals surface area contributed by atoms with Crippen LogP contribution in [0, 0.1) is 0 Å². The van der Waals surface area contributed by atoms with E-state index in [-0.39, 0.29) is 25.1 Å². The monoisotopic (exact) mass is 160 g/mol. The van der Waals surface area contributed by atoms with Gasteiger partial charge < -0.3 is 14.6 Å². The fraction of sp³-hybridized carbons (Fsp3) is 0.857. The van der Waals surface area contributed by atoms with E-state index in [1.807, 2.05) is 0 Å². The normalized spacial score (nSPS) is 25.4. The van der Waals surface area contributed by atoms with Gasteiger partial charge in [-0.25, -0.2) is 0 Å². The van der Waals surface area contributed by atoms with Crippen molar-refractivity contribution in [3.05, 3.63) is 0 Å². The number of esters is 1. The second-order valence-corrected chi connectivity index (χ2v) is 3.07. The molecular weight excluding hydrogens is 148 g/mol. The Bertz CT molecular complexity index is 158. The Kier molecular flexibility index (Phi) is 2.15. The predicted octanol–water partition coefficient (Wildman–Crippen LogP) is 0.0469. The van der Waals surface area contributed by atoms with Crippen LogP contribution in [0.5, 0.6) is 0 Å². The van der Waals surface area contributed by atoms with Gasteiger partial charge in [0.05, 0.1) is 6.42 Å². The van der Waals surface area contributed by atoms with E-state index in [4.69, 9.17) is 4.74 Å². The van der Waals surface area contributed by atoms with Gasteiger partial charge in [0.15, 0.2) is 5.79 Å². The molecule has 0 aromatic heterocycles. The molecule has 0 amide bonds. The summed E-state index contributed by atoms with van der Waals surface area (Å²) in [7, 11) is 0. The minimum Gasteiger partial charge on any atom is -0.463 e. The van der Waals surface area contributed by atoms with Crippen molar-refractivity contribution < 1.29 is 19.4 Å². The largest absolute Gasteiger partial charge is 0.463 e. The highest BCUT2D eigenvalue weighted by atomic mass is 16.6. The van der Waals surface area contributed by atoms with Crippen LogP contribution in [-0.4, -0.2) is 29.6 Å². The lowest BCUT2D eigenvalue weighted by atomic mass is 10.3. The second kappa shape index (κ2) is 2.79. The highest BCUT2D eigenvalue weighted by Gasteiger charge is 2.29. The van der Waals surface area contributed by atoms with Gasteiger partial charge in [-0.15, -0.1) is 0 Å². The Morgan fingerprint density at radius 3 is 2.73 bits per heavy atom. The summed E-state index contributed by atoms with van der Waals surface area (Å²) in [4.78, 5) is 10.6. The van der Waals surface area contributed by atoms with Crippen molar-refractivity contribution >= 4 is 5.97 Å². The SMILES string of the molecule is CC(C)(O)OC1COC(=O)C1. The maximum Gasteiger partial charge on any atom is 0.308 e. The molecule has 1 heterocycles. The second-order valence-electron chi connectivity index (χ2n) is 3.07. The Hall–Kier alpha value is -0.610. The summed E-state index contributed by atoms with van der Waals surface area (Å²) < 4.78 is 9.72. The highest BCUT2D eigenvalue weighted by molar-refractivity contribution is 5.71. The van der Waals surface area contributed by atoms with Gasteiger partial charge in [-0.1, -0.05) is 0 Å². The molecule has 0 aromatic rings. The summed E-state index contributed by atoms with van der Waals surface area (Å²) in [6, 6.07) is 0. The minimum absolute atomic E-state index is 0.240. The third kappa shape index (κ3) is 2.86. The third-order valence-electron chi connectivity index (χ3n) is 1.28. The van der Waals surface area contributed by atoms with E-state index in [2.05, 4.69) is 4.74 Å². The van der Waals surface area contributed by atoms with Crippen molar-refractivity contribution in [2.75, 3.05) is 6.61 Å². The number of aliphatic hydroxyl groups is 1. The van der Waals surface area contributed by atoms with Gasteiger partial charge in [-0.05, 0) is 13.8 Å². The fourth-order valence-corrected chi connectivity index (χ4v) is 0.973. The van der Waals surface area contributed by atoms with Gasteiger partial charge >= 0.3 is 5.97 Å². The van der Waals surface area contributed by atoms with Crippen molar-refractivity contribution in [2.45, 2.75) is 32.2 Å². The van der Waals surface area contributed by atoms with Crippen LogP contribution in [0.1, 0.15) is 20.3 Å². The van der Waals surface area contributed by atoms with Gasteiger partial charge in [-0.3, -0.25) is 4.79 Å². The molecule has 4 heteroatoms. The first-order valence-electron chi connectivity index (χ1n) is 3.53. The van der Waals surface area contributed by atoms with Gasteiger partial charge in [-0.2, -0.15) is 0 Å². The Balaban J connectivity index is 2.34. The molecule has 1 aliphatic heterocycles. The summed E-state index contributed by atoms with van der Waals surface area (Å²) in [5.41, 5.74) is 0. The lowest BCUT2D eigenvalue weighted by molar-refractivity contribution is -0.204. The Morgan fingerprint density at radius 1 is 1.73 bits per heavy atom. The zero-order chi connectivity index (χ0) is 8.48. The van der Waals surface area contributed by atoms with Crippen LogP contribution < -0.4 is 0 Å². The summed E-state index contributed by atoms with van der Waals surface area (Å²) in [5.74, 6) is -1.45. The third-order valence-corrected chi connectivity index (χ3v) is 1.28. The fourth-order valence-electron chi connectivity index (χ4n) is 0.973. The van der Waals surface area contributed by atoms with Crippen molar-refractivity contribution in [1.29, 1.82) is 0 Å². The summed E-state index contributed by atoms with van der Waals surface area (Å²) in [6.45, 7) is 3.30. The van der Waals surface area contributed by atoms with Crippen molar-refractivity contribution in [3.8, 4) is 0 Å². The smallest absolute Gasteiger partial charge is 0.308 e. The first-order chi connectivity index (χ1) is 4.97. The van der Waals surface area contributed by atoms with Crippen molar-refractivity contribution in [2.24, 2.45) is 0 Å². The number of carbonyl (C=O) groups is 1. The topological polar surface area (TPSA) is 55.8 Å². The summed E-state index contributed by atoms with van der Waals surface area (Å²) in [5, 5.41) is 9.18. The molecule has 4 nitrogen and oxygen atoms in total. The predicted molar refractivity (Wildman–Crippen MR) is 36.7 cm³/mol. The first kappa shape index (κ1) is 8.49. The van der Waals surface area contributed by atoms with E-state index in [0.29, 0.717) is 0 Å². The van der Waals surface area contributed by atoms with Crippen LogP contribution in [0.2, 0.25) is 0 Å². The molecule has 1 atom stereocenters. The molecule has 11 heavy (non-hydrogen) atoms. The number of ether oxygens (including phenoxy) is 2. The molecule has 0 spiro atoms.